The summed E-state index contributed by atoms with van der Waals surface area (Å²) in [7, 11) is 0. The van der Waals surface area contributed by atoms with Crippen LogP contribution in [0.5, 0.6) is 0 Å². The molecule has 0 unspecified atom stereocenters. The van der Waals surface area contributed by atoms with Crippen molar-refractivity contribution in [2.75, 3.05) is 19.6 Å². The third-order valence-corrected chi connectivity index (χ3v) is 17.8. The number of hydrogen-bond donors (Lipinski definition) is 0. The summed E-state index contributed by atoms with van der Waals surface area (Å²) < 4.78 is 0. The number of anilines is 12. The van der Waals surface area contributed by atoms with E-state index in [4.69, 9.17) is 0 Å². The number of rotatable bonds is 18. The van der Waals surface area contributed by atoms with E-state index in [2.05, 4.69) is 408 Å². The van der Waals surface area contributed by atoms with Gasteiger partial charge in [-0.3, -0.25) is 0 Å². The van der Waals surface area contributed by atoms with Crippen molar-refractivity contribution in [1.29, 1.82) is 0 Å². The number of benzene rings is 14. The molecule has 4 heteroatoms. The minimum atomic E-state index is 0.962. The predicted octanol–water partition coefficient (Wildman–Crippen LogP) is 25.5. The van der Waals surface area contributed by atoms with Crippen molar-refractivity contribution in [3.8, 4) is 44.5 Å². The molecule has 0 fully saturated rings. The lowest BCUT2D eigenvalue weighted by Crippen LogP contribution is -2.10. The number of para-hydroxylation sites is 4. The number of nitrogens with zero attached hydrogens (tertiary/aromatic N) is 4. The summed E-state index contributed by atoms with van der Waals surface area (Å²) in [6, 6.07) is 135. The standard InChI is InChI=1S/C90H68N4/c1-7-19-67(20-8-1)71-35-51-83(52-36-71)91(79-23-11-3-12-24-79)87-59-43-75(44-60-87)77-47-63-89(64-48-77)93(81-27-15-5-16-28-81)85-55-39-73(40-56-85)69-31-33-70(34-32-69)74-41-57-86(58-42-74)94(82-29-17-6-18-30-82)90-65-49-78(50-66-90)76-45-61-88(62-46-76)92(80-25-13-4-14-26-80)84-53-37-72(38-54-84)68-21-9-2-10-22-68/h1-31,33,35-66H,32,34H2. The highest BCUT2D eigenvalue weighted by molar-refractivity contribution is 5.86. The smallest absolute Gasteiger partial charge is 0.0462 e. The molecule has 14 aromatic rings. The van der Waals surface area contributed by atoms with Crippen molar-refractivity contribution < 1.29 is 0 Å². The molecule has 0 saturated carbocycles. The Kier molecular flexibility index (Phi) is 16.7. The number of hydrogen-bond acceptors (Lipinski definition) is 4. The van der Waals surface area contributed by atoms with Crippen molar-refractivity contribution in [3.63, 3.8) is 0 Å². The maximum atomic E-state index is 2.34. The van der Waals surface area contributed by atoms with Crippen LogP contribution in [0.25, 0.3) is 55.7 Å². The lowest BCUT2D eigenvalue weighted by Gasteiger charge is -2.27. The summed E-state index contributed by atoms with van der Waals surface area (Å²) in [6.07, 6.45) is 6.56. The highest BCUT2D eigenvalue weighted by atomic mass is 15.2. The molecule has 4 nitrogen and oxygen atoms in total. The highest BCUT2D eigenvalue weighted by Gasteiger charge is 2.20. The van der Waals surface area contributed by atoms with Crippen LogP contribution in [0.2, 0.25) is 0 Å². The second-order valence-corrected chi connectivity index (χ2v) is 23.7. The van der Waals surface area contributed by atoms with E-state index in [0.717, 1.165) is 103 Å². The van der Waals surface area contributed by atoms with E-state index in [1.807, 2.05) is 0 Å². The summed E-state index contributed by atoms with van der Waals surface area (Å²) in [4.78, 5) is 9.32. The van der Waals surface area contributed by atoms with Crippen LogP contribution in [0.15, 0.2) is 388 Å². The van der Waals surface area contributed by atoms with E-state index in [9.17, 15) is 0 Å². The van der Waals surface area contributed by atoms with Gasteiger partial charge < -0.3 is 19.6 Å². The van der Waals surface area contributed by atoms with Crippen molar-refractivity contribution in [1.82, 2.24) is 0 Å². The van der Waals surface area contributed by atoms with E-state index >= 15 is 0 Å². The molecule has 0 radical (unpaired) electrons. The molecule has 94 heavy (non-hydrogen) atoms. The fraction of sp³-hybridized carbons (Fsp3) is 0.0222. The SMILES string of the molecule is C1=C(c2ccc(N(c3ccccc3)c3ccc(-c4ccc(N(c5ccccc5)c5ccc(-c6ccccc6)cc5)cc4)cc3)cc2)CCC(c2ccc(N(c3ccccc3)c3ccc(-c4ccc(N(c5ccccc5)c5ccc(-c6ccccc6)cc5)cc4)cc3)cc2)=C1. The Morgan fingerprint density at radius 2 is 0.266 bits per heavy atom. The van der Waals surface area contributed by atoms with Gasteiger partial charge in [0.05, 0.1) is 0 Å². The third-order valence-electron chi connectivity index (χ3n) is 17.8. The molecule has 0 N–H and O–H groups in total. The zero-order valence-electron chi connectivity index (χ0n) is 52.2. The lowest BCUT2D eigenvalue weighted by molar-refractivity contribution is 1.07. The summed E-state index contributed by atoms with van der Waals surface area (Å²) in [6.45, 7) is 0. The van der Waals surface area contributed by atoms with Crippen LogP contribution in [0, 0.1) is 0 Å². The first-order valence-electron chi connectivity index (χ1n) is 32.3. The van der Waals surface area contributed by atoms with Crippen LogP contribution in [0.1, 0.15) is 24.0 Å². The molecule has 0 amide bonds. The Balaban J connectivity index is 0.627. The van der Waals surface area contributed by atoms with Crippen LogP contribution >= 0.6 is 0 Å². The van der Waals surface area contributed by atoms with Crippen molar-refractivity contribution >= 4 is 79.4 Å². The predicted molar refractivity (Wildman–Crippen MR) is 399 cm³/mol. The average molecular weight is 1210 g/mol. The molecule has 0 saturated heterocycles. The Morgan fingerprint density at radius 3 is 0.436 bits per heavy atom. The van der Waals surface area contributed by atoms with Gasteiger partial charge in [-0.15, -0.1) is 0 Å². The zero-order chi connectivity index (χ0) is 62.8. The fourth-order valence-electron chi connectivity index (χ4n) is 12.9. The topological polar surface area (TPSA) is 13.0 Å². The molecule has 0 aliphatic heterocycles. The fourth-order valence-corrected chi connectivity index (χ4v) is 12.9. The van der Waals surface area contributed by atoms with Crippen LogP contribution in [-0.4, -0.2) is 0 Å². The van der Waals surface area contributed by atoms with Crippen molar-refractivity contribution in [2.45, 2.75) is 12.8 Å². The molecular weight excluding hydrogens is 1140 g/mol. The van der Waals surface area contributed by atoms with Gasteiger partial charge in [-0.05, 0) is 225 Å². The molecular formula is C90H68N4. The molecule has 0 heterocycles. The molecule has 0 spiro atoms. The quantitative estimate of drug-likeness (QED) is 0.0849. The van der Waals surface area contributed by atoms with E-state index in [0.29, 0.717) is 0 Å². The molecule has 1 aliphatic carbocycles. The lowest BCUT2D eigenvalue weighted by atomic mass is 9.90. The molecule has 1 aliphatic rings. The van der Waals surface area contributed by atoms with Gasteiger partial charge in [-0.2, -0.15) is 0 Å². The maximum absolute atomic E-state index is 2.34. The summed E-state index contributed by atoms with van der Waals surface area (Å²) in [5, 5.41) is 0. The van der Waals surface area contributed by atoms with E-state index in [1.165, 1.54) is 44.5 Å². The van der Waals surface area contributed by atoms with Gasteiger partial charge in [-0.25, -0.2) is 0 Å². The zero-order valence-corrected chi connectivity index (χ0v) is 52.2. The van der Waals surface area contributed by atoms with Gasteiger partial charge >= 0.3 is 0 Å². The Bertz CT molecular complexity index is 4510. The normalized spacial score (nSPS) is 11.9. The minimum Gasteiger partial charge on any atom is -0.311 e. The van der Waals surface area contributed by atoms with Crippen LogP contribution in [-0.2, 0) is 0 Å². The maximum Gasteiger partial charge on any atom is 0.0462 e. The van der Waals surface area contributed by atoms with Crippen LogP contribution < -0.4 is 19.6 Å². The Hall–Kier alpha value is -12.2. The summed E-state index contributed by atoms with van der Waals surface area (Å²) in [5.74, 6) is 0. The Morgan fingerprint density at radius 1 is 0.128 bits per heavy atom. The second kappa shape index (κ2) is 27.1. The average Bonchev–Trinajstić information content (AvgIpc) is 1.03. The third kappa shape index (κ3) is 12.7. The minimum absolute atomic E-state index is 0.962. The Labute approximate surface area is 552 Å². The van der Waals surface area contributed by atoms with E-state index in [-0.39, 0.29) is 0 Å². The first-order valence-corrected chi connectivity index (χ1v) is 32.3. The van der Waals surface area contributed by atoms with Gasteiger partial charge in [0.15, 0.2) is 0 Å². The molecule has 0 atom stereocenters. The molecule has 0 aromatic heterocycles. The first-order chi connectivity index (χ1) is 46.6. The molecule has 14 aromatic carbocycles. The van der Waals surface area contributed by atoms with Crippen molar-refractivity contribution in [3.05, 3.63) is 399 Å². The van der Waals surface area contributed by atoms with Gasteiger partial charge in [0.1, 0.15) is 0 Å². The van der Waals surface area contributed by atoms with Crippen LogP contribution in [0.4, 0.5) is 68.2 Å². The summed E-state index contributed by atoms with van der Waals surface area (Å²) >= 11 is 0. The van der Waals surface area contributed by atoms with Crippen molar-refractivity contribution in [2.24, 2.45) is 0 Å². The van der Waals surface area contributed by atoms with Gasteiger partial charge in [-0.1, -0.05) is 243 Å². The molecule has 448 valence electrons. The van der Waals surface area contributed by atoms with E-state index < -0.39 is 0 Å². The van der Waals surface area contributed by atoms with E-state index in [1.54, 1.807) is 0 Å². The second-order valence-electron chi connectivity index (χ2n) is 23.7. The highest BCUT2D eigenvalue weighted by Crippen LogP contribution is 2.43. The monoisotopic (exact) mass is 1200 g/mol. The largest absolute Gasteiger partial charge is 0.311 e. The first kappa shape index (κ1) is 58.2. The number of allylic oxidation sites excluding steroid dienone is 4. The molecule has 0 bridgehead atoms. The summed E-state index contributed by atoms with van der Waals surface area (Å²) in [5.41, 5.74) is 27.9. The molecule has 15 rings (SSSR count). The van der Waals surface area contributed by atoms with Crippen LogP contribution in [0.3, 0.4) is 0 Å². The van der Waals surface area contributed by atoms with Gasteiger partial charge in [0, 0.05) is 68.2 Å². The van der Waals surface area contributed by atoms with Gasteiger partial charge in [0.2, 0.25) is 0 Å². The van der Waals surface area contributed by atoms with Gasteiger partial charge in [0.25, 0.3) is 0 Å².